The minimum Gasteiger partial charge on any atom is -0.454 e. The SMILES string of the molecule is CC(=O)COC(=O)c1ccccc1Nc1cccc(C(F)(F)F)c1. The lowest BCUT2D eigenvalue weighted by Gasteiger charge is -2.13. The van der Waals surface area contributed by atoms with Gasteiger partial charge in [-0.2, -0.15) is 13.2 Å². The van der Waals surface area contributed by atoms with E-state index >= 15 is 0 Å². The molecule has 0 amide bonds. The zero-order chi connectivity index (χ0) is 17.7. The predicted molar refractivity (Wildman–Crippen MR) is 82.1 cm³/mol. The van der Waals surface area contributed by atoms with E-state index < -0.39 is 17.7 Å². The van der Waals surface area contributed by atoms with Gasteiger partial charge >= 0.3 is 12.1 Å². The van der Waals surface area contributed by atoms with Gasteiger partial charge < -0.3 is 10.1 Å². The van der Waals surface area contributed by atoms with E-state index in [0.29, 0.717) is 0 Å². The predicted octanol–water partition coefficient (Wildman–Crippen LogP) is 4.19. The van der Waals surface area contributed by atoms with Crippen molar-refractivity contribution in [2.75, 3.05) is 11.9 Å². The number of hydrogen-bond acceptors (Lipinski definition) is 4. The number of ketones is 1. The number of hydrogen-bond donors (Lipinski definition) is 1. The Bertz CT molecular complexity index is 757. The van der Waals surface area contributed by atoms with Crippen LogP contribution in [0.4, 0.5) is 24.5 Å². The number of esters is 1. The third-order valence-electron chi connectivity index (χ3n) is 3.02. The van der Waals surface area contributed by atoms with Crippen LogP contribution in [0.3, 0.4) is 0 Å². The summed E-state index contributed by atoms with van der Waals surface area (Å²) in [5, 5.41) is 2.77. The lowest BCUT2D eigenvalue weighted by molar-refractivity contribution is -0.137. The molecule has 0 aromatic heterocycles. The van der Waals surface area contributed by atoms with Gasteiger partial charge in [0.1, 0.15) is 6.61 Å². The van der Waals surface area contributed by atoms with Gasteiger partial charge in [-0.3, -0.25) is 4.79 Å². The van der Waals surface area contributed by atoms with E-state index in [0.717, 1.165) is 12.1 Å². The monoisotopic (exact) mass is 337 g/mol. The van der Waals surface area contributed by atoms with E-state index in [-0.39, 0.29) is 29.3 Å². The van der Waals surface area contributed by atoms with Gasteiger partial charge in [-0.1, -0.05) is 18.2 Å². The number of carbonyl (C=O) groups is 2. The molecular weight excluding hydrogens is 323 g/mol. The second-order valence-corrected chi connectivity index (χ2v) is 5.03. The van der Waals surface area contributed by atoms with E-state index in [1.807, 2.05) is 0 Å². The fraction of sp³-hybridized carbons (Fsp3) is 0.176. The maximum Gasteiger partial charge on any atom is 0.416 e. The Morgan fingerprint density at radius 3 is 2.46 bits per heavy atom. The lowest BCUT2D eigenvalue weighted by Crippen LogP contribution is -2.13. The topological polar surface area (TPSA) is 55.4 Å². The molecule has 24 heavy (non-hydrogen) atoms. The molecule has 0 spiro atoms. The van der Waals surface area contributed by atoms with Crippen molar-refractivity contribution in [2.24, 2.45) is 0 Å². The molecule has 0 aliphatic carbocycles. The van der Waals surface area contributed by atoms with Crippen molar-refractivity contribution in [1.82, 2.24) is 0 Å². The van der Waals surface area contributed by atoms with Gasteiger partial charge in [-0.15, -0.1) is 0 Å². The molecule has 0 unspecified atom stereocenters. The van der Waals surface area contributed by atoms with Crippen molar-refractivity contribution in [3.63, 3.8) is 0 Å². The standard InChI is InChI=1S/C17H14F3NO3/c1-11(22)10-24-16(23)14-7-2-3-8-15(14)21-13-6-4-5-12(9-13)17(18,19)20/h2-9,21H,10H2,1H3. The molecule has 126 valence electrons. The van der Waals surface area contributed by atoms with Crippen LogP contribution in [0.15, 0.2) is 48.5 Å². The first kappa shape index (κ1) is 17.5. The molecule has 0 heterocycles. The van der Waals surface area contributed by atoms with Crippen LogP contribution in [0.25, 0.3) is 0 Å². The van der Waals surface area contributed by atoms with Crippen LogP contribution in [0.1, 0.15) is 22.8 Å². The summed E-state index contributed by atoms with van der Waals surface area (Å²) in [5.41, 5.74) is -0.220. The van der Waals surface area contributed by atoms with Crippen LogP contribution in [-0.4, -0.2) is 18.4 Å². The molecule has 0 bridgehead atoms. The molecule has 0 radical (unpaired) electrons. The summed E-state index contributed by atoms with van der Waals surface area (Å²) < 4.78 is 43.1. The molecule has 0 aliphatic rings. The molecule has 0 atom stereocenters. The summed E-state index contributed by atoms with van der Waals surface area (Å²) in [6.45, 7) is 0.913. The minimum absolute atomic E-state index is 0.121. The van der Waals surface area contributed by atoms with Crippen LogP contribution in [0.5, 0.6) is 0 Å². The largest absolute Gasteiger partial charge is 0.454 e. The maximum absolute atomic E-state index is 12.8. The van der Waals surface area contributed by atoms with Crippen LogP contribution in [0.2, 0.25) is 0 Å². The number of ether oxygens (including phenoxy) is 1. The number of para-hydroxylation sites is 1. The number of anilines is 2. The first-order valence-electron chi connectivity index (χ1n) is 6.97. The molecule has 2 aromatic carbocycles. The number of benzene rings is 2. The molecule has 4 nitrogen and oxygen atoms in total. The summed E-state index contributed by atoms with van der Waals surface area (Å²) >= 11 is 0. The Morgan fingerprint density at radius 2 is 1.79 bits per heavy atom. The van der Waals surface area contributed by atoms with Crippen molar-refractivity contribution in [3.05, 3.63) is 59.7 Å². The molecule has 0 aliphatic heterocycles. The number of nitrogens with one attached hydrogen (secondary N) is 1. The fourth-order valence-corrected chi connectivity index (χ4v) is 1.94. The van der Waals surface area contributed by atoms with E-state index in [1.54, 1.807) is 12.1 Å². The highest BCUT2D eigenvalue weighted by molar-refractivity contribution is 5.97. The van der Waals surface area contributed by atoms with Gasteiger partial charge in [0.2, 0.25) is 0 Å². The average molecular weight is 337 g/mol. The van der Waals surface area contributed by atoms with Gasteiger partial charge in [0.15, 0.2) is 5.78 Å². The Balaban J connectivity index is 2.25. The lowest BCUT2D eigenvalue weighted by atomic mass is 10.1. The van der Waals surface area contributed by atoms with E-state index in [2.05, 4.69) is 5.32 Å². The number of carbonyl (C=O) groups excluding carboxylic acids is 2. The van der Waals surface area contributed by atoms with Crippen molar-refractivity contribution in [3.8, 4) is 0 Å². The summed E-state index contributed by atoms with van der Waals surface area (Å²) in [5.74, 6) is -1.05. The van der Waals surface area contributed by atoms with Crippen molar-refractivity contribution >= 4 is 23.1 Å². The van der Waals surface area contributed by atoms with Crippen LogP contribution < -0.4 is 5.32 Å². The first-order valence-corrected chi connectivity index (χ1v) is 6.97. The third-order valence-corrected chi connectivity index (χ3v) is 3.02. The molecule has 2 rings (SSSR count). The van der Waals surface area contributed by atoms with Crippen molar-refractivity contribution in [2.45, 2.75) is 13.1 Å². The Hall–Kier alpha value is -2.83. The maximum atomic E-state index is 12.8. The van der Waals surface area contributed by atoms with E-state index in [4.69, 9.17) is 4.74 Å². The van der Waals surface area contributed by atoms with E-state index in [1.165, 1.54) is 31.2 Å². The summed E-state index contributed by atoms with van der Waals surface area (Å²) in [7, 11) is 0. The zero-order valence-electron chi connectivity index (χ0n) is 12.7. The molecule has 1 N–H and O–H groups in total. The van der Waals surface area contributed by atoms with Gasteiger partial charge in [0.25, 0.3) is 0 Å². The number of Topliss-reactive ketones (excluding diaryl/α,β-unsaturated/α-hetero) is 1. The number of halogens is 3. The second kappa shape index (κ2) is 7.16. The van der Waals surface area contributed by atoms with Crippen molar-refractivity contribution in [1.29, 1.82) is 0 Å². The summed E-state index contributed by atoms with van der Waals surface area (Å²) in [6.07, 6.45) is -4.46. The average Bonchev–Trinajstić information content (AvgIpc) is 2.52. The van der Waals surface area contributed by atoms with Crippen LogP contribution in [0, 0.1) is 0 Å². The number of alkyl halides is 3. The number of rotatable bonds is 5. The van der Waals surface area contributed by atoms with Crippen LogP contribution in [-0.2, 0) is 15.7 Å². The summed E-state index contributed by atoms with van der Waals surface area (Å²) in [6, 6.07) is 10.8. The summed E-state index contributed by atoms with van der Waals surface area (Å²) in [4.78, 5) is 22.9. The Morgan fingerprint density at radius 1 is 1.08 bits per heavy atom. The van der Waals surface area contributed by atoms with Crippen LogP contribution >= 0.6 is 0 Å². The Kier molecular flexibility index (Phi) is 5.23. The fourth-order valence-electron chi connectivity index (χ4n) is 1.94. The van der Waals surface area contributed by atoms with Crippen molar-refractivity contribution < 1.29 is 27.5 Å². The smallest absolute Gasteiger partial charge is 0.416 e. The highest BCUT2D eigenvalue weighted by Gasteiger charge is 2.30. The van der Waals surface area contributed by atoms with Gasteiger partial charge in [0, 0.05) is 5.69 Å². The zero-order valence-corrected chi connectivity index (χ0v) is 12.7. The molecule has 0 saturated carbocycles. The van der Waals surface area contributed by atoms with Gasteiger partial charge in [-0.05, 0) is 37.3 Å². The molecule has 7 heteroatoms. The second-order valence-electron chi connectivity index (χ2n) is 5.03. The molecule has 2 aromatic rings. The van der Waals surface area contributed by atoms with Gasteiger partial charge in [-0.25, -0.2) is 4.79 Å². The highest BCUT2D eigenvalue weighted by atomic mass is 19.4. The molecular formula is C17H14F3NO3. The highest BCUT2D eigenvalue weighted by Crippen LogP contribution is 2.31. The third kappa shape index (κ3) is 4.58. The minimum atomic E-state index is -4.46. The van der Waals surface area contributed by atoms with E-state index in [9.17, 15) is 22.8 Å². The normalized spacial score (nSPS) is 11.0. The molecule has 0 fully saturated rings. The van der Waals surface area contributed by atoms with Gasteiger partial charge in [0.05, 0.1) is 16.8 Å². The Labute approximate surface area is 136 Å². The first-order chi connectivity index (χ1) is 11.3. The molecule has 0 saturated heterocycles. The quantitative estimate of drug-likeness (QED) is 0.831.